The largest absolute Gasteiger partial charge is 0.369 e. The molecule has 0 saturated carbocycles. The van der Waals surface area contributed by atoms with Crippen molar-refractivity contribution in [2.45, 2.75) is 56.9 Å². The molecule has 2 saturated heterocycles. The first kappa shape index (κ1) is 23.9. The maximum Gasteiger partial charge on any atom is 0.243 e. The summed E-state index contributed by atoms with van der Waals surface area (Å²) < 4.78 is 32.5. The van der Waals surface area contributed by atoms with Crippen LogP contribution in [0.2, 0.25) is 0 Å². The van der Waals surface area contributed by atoms with Gasteiger partial charge in [-0.25, -0.2) is 8.42 Å². The molecule has 2 heterocycles. The van der Waals surface area contributed by atoms with Gasteiger partial charge in [0.15, 0.2) is 0 Å². The summed E-state index contributed by atoms with van der Waals surface area (Å²) in [6.45, 7) is 8.60. The Hall–Kier alpha value is -1.39. The zero-order valence-corrected chi connectivity index (χ0v) is 18.7. The summed E-state index contributed by atoms with van der Waals surface area (Å²) in [4.78, 5) is 2.96. The number of rotatable bonds is 7. The van der Waals surface area contributed by atoms with Crippen molar-refractivity contribution < 1.29 is 13.2 Å². The minimum absolute atomic E-state index is 0.399. The second kappa shape index (κ2) is 12.3. The van der Waals surface area contributed by atoms with Crippen LogP contribution < -0.4 is 0 Å². The van der Waals surface area contributed by atoms with Crippen LogP contribution in [0.3, 0.4) is 0 Å². The lowest BCUT2D eigenvalue weighted by Crippen LogP contribution is -2.49. The molecule has 0 radical (unpaired) electrons. The van der Waals surface area contributed by atoms with Crippen molar-refractivity contribution in [3.63, 3.8) is 0 Å². The number of nitrogens with zero attached hydrogens (tertiary/aromatic N) is 2. The molecule has 162 valence electrons. The number of benzene rings is 1. The third kappa shape index (κ3) is 6.82. The van der Waals surface area contributed by atoms with Crippen LogP contribution in [0.1, 0.15) is 46.0 Å². The van der Waals surface area contributed by atoms with Gasteiger partial charge in [-0.05, 0) is 63.2 Å². The van der Waals surface area contributed by atoms with Crippen molar-refractivity contribution in [1.82, 2.24) is 9.21 Å². The zero-order valence-electron chi connectivity index (χ0n) is 17.9. The standard InChI is InChI=1S/C21H30N2O3S.C2H6/c1-2-17-26-18-12-19-8-13-22(14-9-19)20-10-15-23(16-11-20)27(24,25)21-6-4-3-5-7-21;1-2/h1,3-7,19-20H,8-18H2;1-2H3. The summed E-state index contributed by atoms with van der Waals surface area (Å²) in [5.74, 6) is 3.22. The number of hydrogen-bond donors (Lipinski definition) is 0. The number of ether oxygens (including phenoxy) is 1. The first-order valence-electron chi connectivity index (χ1n) is 10.9. The highest BCUT2D eigenvalue weighted by molar-refractivity contribution is 7.89. The Bertz CT molecular complexity index is 714. The average Bonchev–Trinajstić information content (AvgIpc) is 2.79. The quantitative estimate of drug-likeness (QED) is 0.499. The lowest BCUT2D eigenvalue weighted by atomic mass is 9.91. The number of sulfonamides is 1. The molecule has 29 heavy (non-hydrogen) atoms. The minimum Gasteiger partial charge on any atom is -0.369 e. The monoisotopic (exact) mass is 420 g/mol. The van der Waals surface area contributed by atoms with E-state index in [1.807, 2.05) is 19.9 Å². The second-order valence-electron chi connectivity index (χ2n) is 7.47. The van der Waals surface area contributed by atoms with E-state index in [0.29, 0.717) is 30.6 Å². The SMILES string of the molecule is C#CCOCCC1CCN(C2CCN(S(=O)(=O)c3ccccc3)CC2)CC1.CC. The van der Waals surface area contributed by atoms with Crippen LogP contribution in [0.25, 0.3) is 0 Å². The van der Waals surface area contributed by atoms with E-state index in [2.05, 4.69) is 10.8 Å². The molecule has 3 rings (SSSR count). The van der Waals surface area contributed by atoms with Gasteiger partial charge in [0, 0.05) is 25.7 Å². The lowest BCUT2D eigenvalue weighted by molar-refractivity contribution is 0.0807. The van der Waals surface area contributed by atoms with Gasteiger partial charge in [-0.3, -0.25) is 0 Å². The van der Waals surface area contributed by atoms with Gasteiger partial charge >= 0.3 is 0 Å². The molecule has 6 heteroatoms. The number of terminal acetylenes is 1. The normalized spacial score (nSPS) is 19.9. The van der Waals surface area contributed by atoms with Gasteiger partial charge in [0.05, 0.1) is 4.90 Å². The van der Waals surface area contributed by atoms with E-state index in [-0.39, 0.29) is 0 Å². The van der Waals surface area contributed by atoms with E-state index < -0.39 is 10.0 Å². The molecule has 0 aliphatic carbocycles. The van der Waals surface area contributed by atoms with Crippen LogP contribution in [-0.2, 0) is 14.8 Å². The highest BCUT2D eigenvalue weighted by Gasteiger charge is 2.32. The highest BCUT2D eigenvalue weighted by Crippen LogP contribution is 2.27. The minimum atomic E-state index is -3.35. The van der Waals surface area contributed by atoms with Crippen molar-refractivity contribution in [2.75, 3.05) is 39.4 Å². The summed E-state index contributed by atoms with van der Waals surface area (Å²) in [6.07, 6.45) is 10.5. The molecular formula is C23H36N2O3S. The Kier molecular flexibility index (Phi) is 10.2. The molecule has 2 fully saturated rings. The van der Waals surface area contributed by atoms with Crippen LogP contribution >= 0.6 is 0 Å². The first-order valence-corrected chi connectivity index (χ1v) is 12.4. The number of piperidine rings is 2. The predicted octanol–water partition coefficient (Wildman–Crippen LogP) is 3.62. The third-order valence-electron chi connectivity index (χ3n) is 5.83. The summed E-state index contributed by atoms with van der Waals surface area (Å²) in [5, 5.41) is 0. The Labute approximate surface area is 177 Å². The maximum atomic E-state index is 12.7. The molecule has 1 aromatic rings. The van der Waals surface area contributed by atoms with Crippen molar-refractivity contribution in [2.24, 2.45) is 5.92 Å². The van der Waals surface area contributed by atoms with Gasteiger partial charge in [-0.1, -0.05) is 38.0 Å². The lowest BCUT2D eigenvalue weighted by Gasteiger charge is -2.41. The summed E-state index contributed by atoms with van der Waals surface area (Å²) >= 11 is 0. The zero-order chi connectivity index (χ0) is 21.1. The van der Waals surface area contributed by atoms with E-state index in [0.717, 1.165) is 44.9 Å². The van der Waals surface area contributed by atoms with E-state index in [1.54, 1.807) is 28.6 Å². The first-order chi connectivity index (χ1) is 14.1. The molecule has 0 amide bonds. The van der Waals surface area contributed by atoms with Crippen LogP contribution in [-0.4, -0.2) is 63.1 Å². The Morgan fingerprint density at radius 2 is 1.66 bits per heavy atom. The van der Waals surface area contributed by atoms with Crippen LogP contribution in [0.15, 0.2) is 35.2 Å². The molecule has 2 aliphatic heterocycles. The van der Waals surface area contributed by atoms with E-state index in [9.17, 15) is 8.42 Å². The summed E-state index contributed by atoms with van der Waals surface area (Å²) in [7, 11) is -3.35. The van der Waals surface area contributed by atoms with E-state index in [4.69, 9.17) is 11.2 Å². The molecule has 0 bridgehead atoms. The molecule has 0 aromatic heterocycles. The van der Waals surface area contributed by atoms with Crippen molar-refractivity contribution in [3.05, 3.63) is 30.3 Å². The van der Waals surface area contributed by atoms with Gasteiger partial charge in [0.25, 0.3) is 0 Å². The Morgan fingerprint density at radius 1 is 1.03 bits per heavy atom. The highest BCUT2D eigenvalue weighted by atomic mass is 32.2. The third-order valence-corrected chi connectivity index (χ3v) is 7.74. The molecule has 5 nitrogen and oxygen atoms in total. The molecule has 0 N–H and O–H groups in total. The summed E-state index contributed by atoms with van der Waals surface area (Å²) in [5.41, 5.74) is 0. The van der Waals surface area contributed by atoms with Crippen molar-refractivity contribution in [3.8, 4) is 12.3 Å². The fraction of sp³-hybridized carbons (Fsp3) is 0.652. The van der Waals surface area contributed by atoms with E-state index >= 15 is 0 Å². The van der Waals surface area contributed by atoms with Gasteiger partial charge in [-0.15, -0.1) is 6.42 Å². The average molecular weight is 421 g/mol. The maximum absolute atomic E-state index is 12.7. The predicted molar refractivity (Wildman–Crippen MR) is 118 cm³/mol. The van der Waals surface area contributed by atoms with Crippen LogP contribution in [0.5, 0.6) is 0 Å². The van der Waals surface area contributed by atoms with Crippen molar-refractivity contribution in [1.29, 1.82) is 0 Å². The molecule has 0 unspecified atom stereocenters. The van der Waals surface area contributed by atoms with E-state index in [1.165, 1.54) is 12.8 Å². The topological polar surface area (TPSA) is 49.9 Å². The van der Waals surface area contributed by atoms with Crippen molar-refractivity contribution >= 4 is 10.0 Å². The molecule has 2 aliphatic rings. The molecule has 0 spiro atoms. The number of hydrogen-bond acceptors (Lipinski definition) is 4. The van der Waals surface area contributed by atoms with Gasteiger partial charge in [0.2, 0.25) is 10.0 Å². The van der Waals surface area contributed by atoms with Gasteiger partial charge in [-0.2, -0.15) is 4.31 Å². The Balaban J connectivity index is 0.00000145. The number of likely N-dealkylation sites (tertiary alicyclic amines) is 1. The second-order valence-corrected chi connectivity index (χ2v) is 9.41. The smallest absolute Gasteiger partial charge is 0.243 e. The molecule has 1 aromatic carbocycles. The fourth-order valence-electron chi connectivity index (χ4n) is 4.18. The fourth-order valence-corrected chi connectivity index (χ4v) is 5.67. The molecule has 0 atom stereocenters. The van der Waals surface area contributed by atoms with Gasteiger partial charge in [0.1, 0.15) is 6.61 Å². The summed E-state index contributed by atoms with van der Waals surface area (Å²) in [6, 6.07) is 9.27. The van der Waals surface area contributed by atoms with Gasteiger partial charge < -0.3 is 9.64 Å². The van der Waals surface area contributed by atoms with Crippen LogP contribution in [0, 0.1) is 18.3 Å². The Morgan fingerprint density at radius 3 is 2.24 bits per heavy atom. The van der Waals surface area contributed by atoms with Crippen LogP contribution in [0.4, 0.5) is 0 Å². The molecular weight excluding hydrogens is 384 g/mol.